The highest BCUT2D eigenvalue weighted by Gasteiger charge is 2.31. The number of rotatable bonds is 8. The minimum absolute atomic E-state index is 0.805. The second-order valence-electron chi connectivity index (χ2n) is 4.49. The van der Waals surface area contributed by atoms with Crippen LogP contribution in [0.2, 0.25) is 6.55 Å². The summed E-state index contributed by atoms with van der Waals surface area (Å²) in [6.45, 7) is 8.05. The Morgan fingerprint density at radius 3 is 1.94 bits per heavy atom. The van der Waals surface area contributed by atoms with Crippen LogP contribution in [0.25, 0.3) is 0 Å². The topological polar surface area (TPSA) is 18.5 Å². The smallest absolute Gasteiger partial charge is 0.339 e. The van der Waals surface area contributed by atoms with E-state index in [9.17, 15) is 0 Å². The van der Waals surface area contributed by atoms with E-state index in [0.29, 0.717) is 0 Å². The molecule has 0 aromatic heterocycles. The van der Waals surface area contributed by atoms with Gasteiger partial charge in [0.1, 0.15) is 0 Å². The highest BCUT2D eigenvalue weighted by molar-refractivity contribution is 6.65. The maximum absolute atomic E-state index is 6.00. The van der Waals surface area contributed by atoms with Crippen molar-refractivity contribution in [3.8, 4) is 0 Å². The van der Waals surface area contributed by atoms with Gasteiger partial charge in [0.05, 0.1) is 0 Å². The van der Waals surface area contributed by atoms with Crippen molar-refractivity contribution in [3.63, 3.8) is 0 Å². The first-order valence-corrected chi connectivity index (χ1v) is 9.04. The number of hydrogen-bond acceptors (Lipinski definition) is 2. The molecular weight excluding hydrogens is 228 g/mol. The van der Waals surface area contributed by atoms with Crippen LogP contribution in [-0.2, 0) is 14.9 Å². The molecule has 0 atom stereocenters. The lowest BCUT2D eigenvalue weighted by Gasteiger charge is -2.27. The molecule has 3 heteroatoms. The highest BCUT2D eigenvalue weighted by atomic mass is 28.4. The fourth-order valence-corrected chi connectivity index (χ4v) is 4.28. The molecule has 0 spiro atoms. The van der Waals surface area contributed by atoms with E-state index in [1.54, 1.807) is 0 Å². The summed E-state index contributed by atoms with van der Waals surface area (Å²) in [6.07, 6.45) is 2.10. The minimum Gasteiger partial charge on any atom is -0.394 e. The van der Waals surface area contributed by atoms with Gasteiger partial charge in [0, 0.05) is 19.3 Å². The summed E-state index contributed by atoms with van der Waals surface area (Å²) in [4.78, 5) is 0. The molecular formula is C14H24O2Si. The molecule has 0 saturated carbocycles. The largest absolute Gasteiger partial charge is 0.394 e. The Morgan fingerprint density at radius 2 is 1.47 bits per heavy atom. The Morgan fingerprint density at radius 1 is 0.941 bits per heavy atom. The first-order chi connectivity index (χ1) is 8.20. The first-order valence-electron chi connectivity index (χ1n) is 6.52. The molecule has 0 aliphatic heterocycles. The van der Waals surface area contributed by atoms with Gasteiger partial charge in [-0.2, -0.15) is 0 Å². The molecule has 0 saturated heterocycles. The fourth-order valence-electron chi connectivity index (χ4n) is 1.75. The third-order valence-corrected chi connectivity index (χ3v) is 5.27. The van der Waals surface area contributed by atoms with E-state index >= 15 is 0 Å². The van der Waals surface area contributed by atoms with Crippen molar-refractivity contribution >= 4 is 8.56 Å². The maximum Gasteiger partial charge on any atom is 0.339 e. The zero-order valence-electron chi connectivity index (χ0n) is 11.2. The molecule has 2 nitrogen and oxygen atoms in total. The van der Waals surface area contributed by atoms with Crippen molar-refractivity contribution < 1.29 is 8.85 Å². The zero-order valence-corrected chi connectivity index (χ0v) is 12.2. The van der Waals surface area contributed by atoms with E-state index in [2.05, 4.69) is 44.7 Å². The van der Waals surface area contributed by atoms with Crippen molar-refractivity contribution in [2.24, 2.45) is 0 Å². The van der Waals surface area contributed by atoms with Crippen LogP contribution in [0, 0.1) is 0 Å². The van der Waals surface area contributed by atoms with Crippen molar-refractivity contribution in [3.05, 3.63) is 35.9 Å². The van der Waals surface area contributed by atoms with Gasteiger partial charge >= 0.3 is 8.56 Å². The molecule has 1 rings (SSSR count). The molecule has 0 amide bonds. The highest BCUT2D eigenvalue weighted by Crippen LogP contribution is 2.15. The molecule has 0 heterocycles. The molecule has 0 N–H and O–H groups in total. The molecule has 96 valence electrons. The van der Waals surface area contributed by atoms with E-state index in [-0.39, 0.29) is 0 Å². The third kappa shape index (κ3) is 5.48. The second-order valence-corrected chi connectivity index (χ2v) is 7.69. The minimum atomic E-state index is -2.03. The van der Waals surface area contributed by atoms with E-state index in [4.69, 9.17) is 8.85 Å². The summed E-state index contributed by atoms with van der Waals surface area (Å²) in [5.74, 6) is 0. The van der Waals surface area contributed by atoms with Crippen molar-refractivity contribution in [2.45, 2.75) is 39.3 Å². The molecule has 0 radical (unpaired) electrons. The summed E-state index contributed by atoms with van der Waals surface area (Å²) >= 11 is 0. The summed E-state index contributed by atoms with van der Waals surface area (Å²) in [5.41, 5.74) is 1.31. The molecule has 0 bridgehead atoms. The molecule has 1 aromatic carbocycles. The van der Waals surface area contributed by atoms with E-state index < -0.39 is 8.56 Å². The van der Waals surface area contributed by atoms with Gasteiger partial charge in [-0.05, 0) is 25.0 Å². The number of benzene rings is 1. The predicted octanol–water partition coefficient (Wildman–Crippen LogP) is 3.69. The van der Waals surface area contributed by atoms with Crippen LogP contribution in [-0.4, -0.2) is 21.8 Å². The van der Waals surface area contributed by atoms with Crippen LogP contribution in [0.1, 0.15) is 32.3 Å². The van der Waals surface area contributed by atoms with E-state index in [1.165, 1.54) is 5.56 Å². The van der Waals surface area contributed by atoms with E-state index in [1.807, 2.05) is 6.07 Å². The monoisotopic (exact) mass is 252 g/mol. The summed E-state index contributed by atoms with van der Waals surface area (Å²) in [5, 5.41) is 0. The second kappa shape index (κ2) is 7.64. The van der Waals surface area contributed by atoms with Gasteiger partial charge in [0.25, 0.3) is 0 Å². The average Bonchev–Trinajstić information content (AvgIpc) is 2.35. The molecule has 0 aliphatic carbocycles. The Bertz CT molecular complexity index is 292. The molecule has 0 fully saturated rings. The van der Waals surface area contributed by atoms with Crippen molar-refractivity contribution in [1.29, 1.82) is 0 Å². The van der Waals surface area contributed by atoms with Gasteiger partial charge in [-0.15, -0.1) is 0 Å². The Kier molecular flexibility index (Phi) is 6.48. The fraction of sp³-hybridized carbons (Fsp3) is 0.571. The first kappa shape index (κ1) is 14.4. The molecule has 1 aromatic rings. The van der Waals surface area contributed by atoms with Crippen LogP contribution >= 0.6 is 0 Å². The lowest BCUT2D eigenvalue weighted by Crippen LogP contribution is -2.42. The van der Waals surface area contributed by atoms with Crippen LogP contribution in [0.3, 0.4) is 0 Å². The van der Waals surface area contributed by atoms with Gasteiger partial charge in [0.15, 0.2) is 0 Å². The van der Waals surface area contributed by atoms with Crippen molar-refractivity contribution in [2.75, 3.05) is 13.2 Å². The molecule has 0 aliphatic rings. The van der Waals surface area contributed by atoms with E-state index in [0.717, 1.165) is 32.1 Å². The number of hydrogen-bond donors (Lipinski definition) is 0. The van der Waals surface area contributed by atoms with Gasteiger partial charge in [-0.25, -0.2) is 0 Å². The van der Waals surface area contributed by atoms with Gasteiger partial charge in [-0.1, -0.05) is 44.2 Å². The van der Waals surface area contributed by atoms with Gasteiger partial charge < -0.3 is 8.85 Å². The molecule has 0 unspecified atom stereocenters. The van der Waals surface area contributed by atoms with Crippen LogP contribution < -0.4 is 0 Å². The Hall–Kier alpha value is -0.643. The van der Waals surface area contributed by atoms with Crippen LogP contribution in [0.15, 0.2) is 30.3 Å². The normalized spacial score (nSPS) is 11.7. The summed E-state index contributed by atoms with van der Waals surface area (Å²) < 4.78 is 12.0. The quantitative estimate of drug-likeness (QED) is 0.657. The van der Waals surface area contributed by atoms with Gasteiger partial charge in [-0.3, -0.25) is 0 Å². The lowest BCUT2D eigenvalue weighted by atomic mass is 10.2. The maximum atomic E-state index is 6.00. The SMILES string of the molecule is CCCO[Si](C)(Cc1ccccc1)OCCC. The standard InChI is InChI=1S/C14H24O2Si/c1-4-11-15-17(3,16-12-5-2)13-14-9-7-6-8-10-14/h6-10H,4-5,11-13H2,1-3H3. The molecule has 17 heavy (non-hydrogen) atoms. The lowest BCUT2D eigenvalue weighted by molar-refractivity contribution is 0.172. The van der Waals surface area contributed by atoms with Crippen molar-refractivity contribution in [1.82, 2.24) is 0 Å². The predicted molar refractivity (Wildman–Crippen MR) is 74.3 cm³/mol. The Balaban J connectivity index is 2.61. The Labute approximate surface area is 106 Å². The van der Waals surface area contributed by atoms with Gasteiger partial charge in [0.2, 0.25) is 0 Å². The van der Waals surface area contributed by atoms with Crippen LogP contribution in [0.4, 0.5) is 0 Å². The summed E-state index contributed by atoms with van der Waals surface area (Å²) in [6, 6.07) is 11.4. The zero-order chi connectivity index (χ0) is 12.6. The van der Waals surface area contributed by atoms with Crippen LogP contribution in [0.5, 0.6) is 0 Å². The third-order valence-electron chi connectivity index (χ3n) is 2.59. The summed E-state index contributed by atoms with van der Waals surface area (Å²) in [7, 11) is -2.03. The average molecular weight is 252 g/mol.